The molecule has 1 N–H and O–H groups in total. The normalized spacial score (nSPS) is 21.0. The summed E-state index contributed by atoms with van der Waals surface area (Å²) in [5.41, 5.74) is 0. The zero-order valence-corrected chi connectivity index (χ0v) is 8.25. The van der Waals surface area contributed by atoms with Crippen LogP contribution in [0.5, 0.6) is 0 Å². The lowest BCUT2D eigenvalue weighted by Gasteiger charge is -2.15. The van der Waals surface area contributed by atoms with Gasteiger partial charge < -0.3 is 5.11 Å². The van der Waals surface area contributed by atoms with Crippen molar-refractivity contribution < 1.29 is 14.7 Å². The Morgan fingerprint density at radius 2 is 2.40 bits per heavy atom. The minimum absolute atomic E-state index is 0.0700. The summed E-state index contributed by atoms with van der Waals surface area (Å²) >= 11 is 0. The third-order valence-electron chi connectivity index (χ3n) is 2.55. The highest BCUT2D eigenvalue weighted by Gasteiger charge is 2.35. The maximum atomic E-state index is 11.6. The number of carbonyl (C=O) groups excluding carboxylic acids is 1. The molecule has 1 aliphatic rings. The standard InChI is InChI=1S/C9H11N3O3/c1-11-7(2-3-10-11)12-5-6(9(14)15)4-8(12)13/h2-3,6H,4-5H2,1H3,(H,14,15). The molecule has 1 amide bonds. The fourth-order valence-electron chi connectivity index (χ4n) is 1.73. The zero-order chi connectivity index (χ0) is 11.0. The van der Waals surface area contributed by atoms with Crippen LogP contribution in [0.25, 0.3) is 0 Å². The third kappa shape index (κ3) is 1.58. The molecule has 1 aromatic rings. The van der Waals surface area contributed by atoms with Crippen LogP contribution in [0.4, 0.5) is 5.82 Å². The molecule has 0 saturated carbocycles. The summed E-state index contributed by atoms with van der Waals surface area (Å²) in [4.78, 5) is 23.8. The number of carbonyl (C=O) groups is 2. The Kier molecular flexibility index (Phi) is 2.18. The van der Waals surface area contributed by atoms with E-state index in [1.165, 1.54) is 4.90 Å². The van der Waals surface area contributed by atoms with E-state index < -0.39 is 11.9 Å². The lowest BCUT2D eigenvalue weighted by atomic mass is 10.1. The molecule has 6 nitrogen and oxygen atoms in total. The van der Waals surface area contributed by atoms with Crippen LogP contribution in [0, 0.1) is 5.92 Å². The average Bonchev–Trinajstić information content (AvgIpc) is 2.71. The molecular formula is C9H11N3O3. The van der Waals surface area contributed by atoms with Gasteiger partial charge in [0, 0.05) is 26.1 Å². The average molecular weight is 209 g/mol. The SMILES string of the molecule is Cn1nccc1N1CC(C(=O)O)CC1=O. The van der Waals surface area contributed by atoms with Crippen LogP contribution in [-0.2, 0) is 16.6 Å². The van der Waals surface area contributed by atoms with Crippen molar-refractivity contribution >= 4 is 17.7 Å². The number of nitrogens with zero attached hydrogens (tertiary/aromatic N) is 3. The Balaban J connectivity index is 2.22. The summed E-state index contributed by atoms with van der Waals surface area (Å²) in [5.74, 6) is -1.05. The molecule has 0 radical (unpaired) electrons. The van der Waals surface area contributed by atoms with Crippen molar-refractivity contribution in [3.8, 4) is 0 Å². The van der Waals surface area contributed by atoms with Crippen molar-refractivity contribution in [3.05, 3.63) is 12.3 Å². The maximum absolute atomic E-state index is 11.6. The first-order valence-electron chi connectivity index (χ1n) is 4.61. The lowest BCUT2D eigenvalue weighted by Crippen LogP contribution is -2.27. The van der Waals surface area contributed by atoms with Gasteiger partial charge in [-0.3, -0.25) is 19.2 Å². The van der Waals surface area contributed by atoms with Crippen LogP contribution in [0.15, 0.2) is 12.3 Å². The molecule has 1 atom stereocenters. The van der Waals surface area contributed by atoms with Crippen LogP contribution in [-0.4, -0.2) is 33.3 Å². The highest BCUT2D eigenvalue weighted by atomic mass is 16.4. The van der Waals surface area contributed by atoms with E-state index in [-0.39, 0.29) is 18.9 Å². The molecule has 0 bridgehead atoms. The predicted octanol–water partition coefficient (Wildman–Crippen LogP) is -0.142. The largest absolute Gasteiger partial charge is 0.481 e. The van der Waals surface area contributed by atoms with E-state index in [1.54, 1.807) is 24.0 Å². The molecule has 0 spiro atoms. The lowest BCUT2D eigenvalue weighted by molar-refractivity contribution is -0.141. The Bertz CT molecular complexity index is 412. The smallest absolute Gasteiger partial charge is 0.308 e. The molecule has 1 fully saturated rings. The van der Waals surface area contributed by atoms with E-state index in [1.807, 2.05) is 0 Å². The van der Waals surface area contributed by atoms with Crippen molar-refractivity contribution in [3.63, 3.8) is 0 Å². The first-order chi connectivity index (χ1) is 7.09. The molecule has 1 aromatic heterocycles. The minimum atomic E-state index is -0.923. The van der Waals surface area contributed by atoms with Gasteiger partial charge in [0.15, 0.2) is 0 Å². The fourth-order valence-corrected chi connectivity index (χ4v) is 1.73. The molecule has 2 rings (SSSR count). The summed E-state index contributed by atoms with van der Waals surface area (Å²) in [7, 11) is 1.72. The summed E-state index contributed by atoms with van der Waals surface area (Å²) in [6.07, 6.45) is 1.65. The molecule has 1 saturated heterocycles. The number of aliphatic carboxylic acids is 1. The molecule has 80 valence electrons. The number of carboxylic acid groups (broad SMARTS) is 1. The summed E-state index contributed by atoms with van der Waals surface area (Å²) in [6.45, 7) is 0.230. The Morgan fingerprint density at radius 1 is 1.67 bits per heavy atom. The second kappa shape index (κ2) is 3.38. The Labute approximate surface area is 86.1 Å². The zero-order valence-electron chi connectivity index (χ0n) is 8.25. The molecule has 6 heteroatoms. The van der Waals surface area contributed by atoms with E-state index >= 15 is 0 Å². The van der Waals surface area contributed by atoms with Crippen LogP contribution in [0.3, 0.4) is 0 Å². The van der Waals surface area contributed by atoms with Gasteiger partial charge in [-0.25, -0.2) is 0 Å². The second-order valence-electron chi connectivity index (χ2n) is 3.56. The first kappa shape index (κ1) is 9.70. The van der Waals surface area contributed by atoms with Crippen molar-refractivity contribution in [1.82, 2.24) is 9.78 Å². The van der Waals surface area contributed by atoms with Crippen LogP contribution >= 0.6 is 0 Å². The van der Waals surface area contributed by atoms with Gasteiger partial charge in [0.25, 0.3) is 0 Å². The maximum Gasteiger partial charge on any atom is 0.308 e. The molecule has 0 aliphatic carbocycles. The molecule has 2 heterocycles. The van der Waals surface area contributed by atoms with Gasteiger partial charge in [0.1, 0.15) is 5.82 Å². The highest BCUT2D eigenvalue weighted by molar-refractivity contribution is 5.98. The second-order valence-corrected chi connectivity index (χ2v) is 3.56. The molecule has 1 aliphatic heterocycles. The van der Waals surface area contributed by atoms with Crippen LogP contribution < -0.4 is 4.90 Å². The summed E-state index contributed by atoms with van der Waals surface area (Å²) < 4.78 is 1.56. The number of hydrogen-bond donors (Lipinski definition) is 1. The van der Waals surface area contributed by atoms with Crippen molar-refractivity contribution in [2.75, 3.05) is 11.4 Å². The first-order valence-corrected chi connectivity index (χ1v) is 4.61. The quantitative estimate of drug-likeness (QED) is 0.735. The third-order valence-corrected chi connectivity index (χ3v) is 2.55. The highest BCUT2D eigenvalue weighted by Crippen LogP contribution is 2.24. The van der Waals surface area contributed by atoms with E-state index in [2.05, 4.69) is 5.10 Å². The van der Waals surface area contributed by atoms with Crippen molar-refractivity contribution in [1.29, 1.82) is 0 Å². The fraction of sp³-hybridized carbons (Fsp3) is 0.444. The van der Waals surface area contributed by atoms with Crippen LogP contribution in [0.1, 0.15) is 6.42 Å². The van der Waals surface area contributed by atoms with E-state index in [0.717, 1.165) is 0 Å². The number of rotatable bonds is 2. The van der Waals surface area contributed by atoms with E-state index in [4.69, 9.17) is 5.11 Å². The van der Waals surface area contributed by atoms with E-state index in [0.29, 0.717) is 5.82 Å². The number of aryl methyl sites for hydroxylation is 1. The van der Waals surface area contributed by atoms with Gasteiger partial charge in [-0.15, -0.1) is 0 Å². The molecule has 1 unspecified atom stereocenters. The summed E-state index contributed by atoms with van der Waals surface area (Å²) in [5, 5.41) is 12.8. The van der Waals surface area contributed by atoms with Gasteiger partial charge in [-0.2, -0.15) is 5.10 Å². The molecule has 15 heavy (non-hydrogen) atoms. The van der Waals surface area contributed by atoms with Gasteiger partial charge in [0.05, 0.1) is 12.1 Å². The summed E-state index contributed by atoms with van der Waals surface area (Å²) in [6, 6.07) is 1.70. The molecular weight excluding hydrogens is 198 g/mol. The monoisotopic (exact) mass is 209 g/mol. The van der Waals surface area contributed by atoms with Crippen LogP contribution in [0.2, 0.25) is 0 Å². The topological polar surface area (TPSA) is 75.4 Å². The number of hydrogen-bond acceptors (Lipinski definition) is 3. The number of aromatic nitrogens is 2. The van der Waals surface area contributed by atoms with Crippen molar-refractivity contribution in [2.45, 2.75) is 6.42 Å². The van der Waals surface area contributed by atoms with Crippen molar-refractivity contribution in [2.24, 2.45) is 13.0 Å². The Hall–Kier alpha value is -1.85. The minimum Gasteiger partial charge on any atom is -0.481 e. The number of anilines is 1. The number of carboxylic acids is 1. The van der Waals surface area contributed by atoms with E-state index in [9.17, 15) is 9.59 Å². The van der Waals surface area contributed by atoms with Gasteiger partial charge in [-0.05, 0) is 0 Å². The van der Waals surface area contributed by atoms with Gasteiger partial charge in [-0.1, -0.05) is 0 Å². The molecule has 0 aromatic carbocycles. The predicted molar refractivity (Wildman–Crippen MR) is 51.3 cm³/mol. The van der Waals surface area contributed by atoms with Gasteiger partial charge in [0.2, 0.25) is 5.91 Å². The number of amides is 1. The van der Waals surface area contributed by atoms with Gasteiger partial charge >= 0.3 is 5.97 Å². The Morgan fingerprint density at radius 3 is 2.87 bits per heavy atom.